The molecular formula is C16H24N4O. The summed E-state index contributed by atoms with van der Waals surface area (Å²) in [7, 11) is 1.82. The van der Waals surface area contributed by atoms with E-state index in [1.165, 1.54) is 0 Å². The Labute approximate surface area is 126 Å². The number of nitrogens with zero attached hydrogens (tertiary/aromatic N) is 2. The fourth-order valence-electron chi connectivity index (χ4n) is 2.62. The van der Waals surface area contributed by atoms with Crippen LogP contribution in [0.25, 0.3) is 0 Å². The number of likely N-dealkylation sites (tertiary alicyclic amines) is 1. The first kappa shape index (κ1) is 15.4. The van der Waals surface area contributed by atoms with Crippen LogP contribution in [0, 0.1) is 11.3 Å². The van der Waals surface area contributed by atoms with Crippen molar-refractivity contribution in [1.82, 2.24) is 9.80 Å². The van der Waals surface area contributed by atoms with E-state index in [9.17, 15) is 4.79 Å². The fraction of sp³-hybridized carbons (Fsp3) is 0.500. The number of nitrogen functional groups attached to an aromatic ring is 1. The van der Waals surface area contributed by atoms with E-state index in [1.807, 2.05) is 30.1 Å². The number of amides is 2. The van der Waals surface area contributed by atoms with Crippen molar-refractivity contribution in [2.24, 2.45) is 11.7 Å². The van der Waals surface area contributed by atoms with Gasteiger partial charge in [-0.15, -0.1) is 0 Å². The lowest BCUT2D eigenvalue weighted by atomic mass is 9.99. The lowest BCUT2D eigenvalue weighted by Gasteiger charge is -2.33. The van der Waals surface area contributed by atoms with Crippen LogP contribution < -0.4 is 5.73 Å². The highest BCUT2D eigenvalue weighted by atomic mass is 16.2. The molecule has 3 N–H and O–H groups in total. The van der Waals surface area contributed by atoms with Gasteiger partial charge in [-0.3, -0.25) is 5.41 Å². The largest absolute Gasteiger partial charge is 0.384 e. The molecule has 0 aromatic heterocycles. The van der Waals surface area contributed by atoms with E-state index in [0.29, 0.717) is 18.0 Å². The molecule has 2 amide bonds. The number of rotatable bonds is 3. The van der Waals surface area contributed by atoms with Gasteiger partial charge in [0.05, 0.1) is 0 Å². The molecule has 5 heteroatoms. The zero-order chi connectivity index (χ0) is 15.4. The molecule has 1 aromatic rings. The molecule has 1 heterocycles. The van der Waals surface area contributed by atoms with Crippen LogP contribution in [0.4, 0.5) is 4.79 Å². The summed E-state index contributed by atoms with van der Waals surface area (Å²) in [5.41, 5.74) is 7.18. The second kappa shape index (κ2) is 6.61. The molecule has 0 atom stereocenters. The molecule has 0 aliphatic carbocycles. The Morgan fingerprint density at radius 3 is 2.71 bits per heavy atom. The van der Waals surface area contributed by atoms with Crippen LogP contribution in [0.3, 0.4) is 0 Å². The van der Waals surface area contributed by atoms with Crippen molar-refractivity contribution >= 4 is 11.9 Å². The molecule has 1 aromatic carbocycles. The van der Waals surface area contributed by atoms with Crippen LogP contribution >= 0.6 is 0 Å². The Hall–Kier alpha value is -2.04. The summed E-state index contributed by atoms with van der Waals surface area (Å²) in [4.78, 5) is 16.1. The number of hydrogen-bond donors (Lipinski definition) is 2. The summed E-state index contributed by atoms with van der Waals surface area (Å²) in [5, 5.41) is 7.47. The van der Waals surface area contributed by atoms with E-state index in [4.69, 9.17) is 11.1 Å². The third-order valence-corrected chi connectivity index (χ3v) is 4.04. The van der Waals surface area contributed by atoms with Gasteiger partial charge in [-0.1, -0.05) is 25.1 Å². The van der Waals surface area contributed by atoms with Crippen LogP contribution in [0.5, 0.6) is 0 Å². The third kappa shape index (κ3) is 3.97. The van der Waals surface area contributed by atoms with Crippen molar-refractivity contribution < 1.29 is 4.79 Å². The minimum absolute atomic E-state index is 0.0517. The number of benzene rings is 1. The Morgan fingerprint density at radius 1 is 1.43 bits per heavy atom. The highest BCUT2D eigenvalue weighted by Crippen LogP contribution is 2.17. The highest BCUT2D eigenvalue weighted by molar-refractivity contribution is 5.95. The van der Waals surface area contributed by atoms with Gasteiger partial charge < -0.3 is 15.5 Å². The number of carbonyl (C=O) groups is 1. The van der Waals surface area contributed by atoms with Gasteiger partial charge in [-0.2, -0.15) is 0 Å². The van der Waals surface area contributed by atoms with Gasteiger partial charge in [0, 0.05) is 32.2 Å². The highest BCUT2D eigenvalue weighted by Gasteiger charge is 2.22. The number of hydrogen-bond acceptors (Lipinski definition) is 2. The summed E-state index contributed by atoms with van der Waals surface area (Å²) in [6.07, 6.45) is 2.17. The summed E-state index contributed by atoms with van der Waals surface area (Å²) in [6, 6.07) is 7.57. The Balaban J connectivity index is 1.97. The number of carbonyl (C=O) groups excluding carboxylic acids is 1. The van der Waals surface area contributed by atoms with E-state index in [2.05, 4.69) is 6.92 Å². The van der Waals surface area contributed by atoms with Gasteiger partial charge in [-0.05, 0) is 30.4 Å². The zero-order valence-corrected chi connectivity index (χ0v) is 12.8. The van der Waals surface area contributed by atoms with E-state index >= 15 is 0 Å². The molecular weight excluding hydrogens is 264 g/mol. The average molecular weight is 288 g/mol. The van der Waals surface area contributed by atoms with E-state index in [0.717, 1.165) is 31.5 Å². The summed E-state index contributed by atoms with van der Waals surface area (Å²) in [6.45, 7) is 4.46. The molecule has 1 aliphatic heterocycles. The number of nitrogens with two attached hydrogens (primary N) is 1. The van der Waals surface area contributed by atoms with Crippen molar-refractivity contribution in [3.63, 3.8) is 0 Å². The van der Waals surface area contributed by atoms with Crippen LogP contribution in [0.2, 0.25) is 0 Å². The van der Waals surface area contributed by atoms with E-state index in [1.54, 1.807) is 11.0 Å². The lowest BCUT2D eigenvalue weighted by molar-refractivity contribution is 0.141. The van der Waals surface area contributed by atoms with E-state index in [-0.39, 0.29) is 11.9 Å². The number of urea groups is 1. The van der Waals surface area contributed by atoms with Gasteiger partial charge in [0.25, 0.3) is 0 Å². The standard InChI is InChI=1S/C16H24N4O/c1-12-6-8-20(9-7-12)16(21)19(2)11-13-4-3-5-14(10-13)15(17)18/h3-5,10,12H,6-9,11H2,1-2H3,(H3,17,18). The first-order valence-electron chi connectivity index (χ1n) is 7.40. The minimum Gasteiger partial charge on any atom is -0.384 e. The summed E-state index contributed by atoms with van der Waals surface area (Å²) >= 11 is 0. The molecule has 0 saturated carbocycles. The Kier molecular flexibility index (Phi) is 4.83. The SMILES string of the molecule is CC1CCN(C(=O)N(C)Cc2cccc(C(=N)N)c2)CC1. The first-order valence-corrected chi connectivity index (χ1v) is 7.40. The maximum absolute atomic E-state index is 12.4. The van der Waals surface area contributed by atoms with Crippen molar-refractivity contribution in [2.45, 2.75) is 26.3 Å². The van der Waals surface area contributed by atoms with Gasteiger partial charge in [-0.25, -0.2) is 4.79 Å². The maximum atomic E-state index is 12.4. The van der Waals surface area contributed by atoms with Gasteiger partial charge in [0.1, 0.15) is 5.84 Å². The van der Waals surface area contributed by atoms with Crippen LogP contribution in [-0.2, 0) is 6.54 Å². The smallest absolute Gasteiger partial charge is 0.320 e. The summed E-state index contributed by atoms with van der Waals surface area (Å²) < 4.78 is 0. The van der Waals surface area contributed by atoms with Crippen LogP contribution in [0.15, 0.2) is 24.3 Å². The van der Waals surface area contributed by atoms with E-state index < -0.39 is 0 Å². The predicted molar refractivity (Wildman–Crippen MR) is 84.3 cm³/mol. The molecule has 114 valence electrons. The molecule has 2 rings (SSSR count). The van der Waals surface area contributed by atoms with Gasteiger partial charge >= 0.3 is 6.03 Å². The van der Waals surface area contributed by atoms with Crippen molar-refractivity contribution in [3.05, 3.63) is 35.4 Å². The normalized spacial score (nSPS) is 15.8. The van der Waals surface area contributed by atoms with Crippen molar-refractivity contribution in [3.8, 4) is 0 Å². The molecule has 21 heavy (non-hydrogen) atoms. The number of amidine groups is 1. The monoisotopic (exact) mass is 288 g/mol. The first-order chi connectivity index (χ1) is 9.97. The van der Waals surface area contributed by atoms with Crippen molar-refractivity contribution in [1.29, 1.82) is 5.41 Å². The zero-order valence-electron chi connectivity index (χ0n) is 12.8. The van der Waals surface area contributed by atoms with Crippen molar-refractivity contribution in [2.75, 3.05) is 20.1 Å². The Bertz CT molecular complexity index is 521. The second-order valence-corrected chi connectivity index (χ2v) is 5.92. The second-order valence-electron chi connectivity index (χ2n) is 5.92. The topological polar surface area (TPSA) is 73.4 Å². The molecule has 1 saturated heterocycles. The molecule has 1 aliphatic rings. The predicted octanol–water partition coefficient (Wildman–Crippen LogP) is 2.25. The van der Waals surface area contributed by atoms with Gasteiger partial charge in [0.2, 0.25) is 0 Å². The third-order valence-electron chi connectivity index (χ3n) is 4.04. The molecule has 5 nitrogen and oxygen atoms in total. The van der Waals surface area contributed by atoms with Gasteiger partial charge in [0.15, 0.2) is 0 Å². The quantitative estimate of drug-likeness (QED) is 0.661. The molecule has 0 unspecified atom stereocenters. The summed E-state index contributed by atoms with van der Waals surface area (Å²) in [5.74, 6) is 0.766. The molecule has 0 radical (unpaired) electrons. The average Bonchev–Trinajstić information content (AvgIpc) is 2.47. The fourth-order valence-corrected chi connectivity index (χ4v) is 2.62. The van der Waals surface area contributed by atoms with Crippen LogP contribution in [-0.4, -0.2) is 41.8 Å². The molecule has 0 spiro atoms. The molecule has 0 bridgehead atoms. The number of nitrogens with one attached hydrogen (secondary N) is 1. The van der Waals surface area contributed by atoms with Crippen LogP contribution in [0.1, 0.15) is 30.9 Å². The maximum Gasteiger partial charge on any atom is 0.320 e. The Morgan fingerprint density at radius 2 is 2.10 bits per heavy atom. The lowest BCUT2D eigenvalue weighted by Crippen LogP contribution is -2.44. The molecule has 1 fully saturated rings. The number of piperidine rings is 1. The minimum atomic E-state index is 0.0517.